The monoisotopic (exact) mass is 435 g/mol. The van der Waals surface area contributed by atoms with Crippen LogP contribution >= 0.6 is 0 Å². The number of para-hydroxylation sites is 1. The van der Waals surface area contributed by atoms with Gasteiger partial charge in [0.2, 0.25) is 0 Å². The molecule has 0 saturated carbocycles. The van der Waals surface area contributed by atoms with E-state index < -0.39 is 0 Å². The number of benzene rings is 2. The van der Waals surface area contributed by atoms with Crippen LogP contribution in [-0.2, 0) is 11.3 Å². The Balaban J connectivity index is 1.37. The van der Waals surface area contributed by atoms with E-state index in [2.05, 4.69) is 37.9 Å². The number of piperidine rings is 1. The third-order valence-corrected chi connectivity index (χ3v) is 6.70. The quantitative estimate of drug-likeness (QED) is 0.730. The van der Waals surface area contributed by atoms with Crippen LogP contribution in [0.5, 0.6) is 5.75 Å². The lowest BCUT2D eigenvalue weighted by molar-refractivity contribution is -0.139. The molecular weight excluding hydrogens is 402 g/mol. The molecule has 6 nitrogen and oxygen atoms in total. The van der Waals surface area contributed by atoms with Gasteiger partial charge in [-0.15, -0.1) is 0 Å². The van der Waals surface area contributed by atoms with Gasteiger partial charge in [0, 0.05) is 50.0 Å². The van der Waals surface area contributed by atoms with Crippen molar-refractivity contribution in [2.24, 2.45) is 0 Å². The smallest absolute Gasteiger partial charge is 0.260 e. The number of carbonyl (C=O) groups excluding carboxylic acids is 2. The van der Waals surface area contributed by atoms with Crippen molar-refractivity contribution in [2.45, 2.75) is 51.7 Å². The van der Waals surface area contributed by atoms with Crippen LogP contribution in [0.3, 0.4) is 0 Å². The first kappa shape index (κ1) is 22.2. The van der Waals surface area contributed by atoms with Crippen LogP contribution in [0.4, 0.5) is 5.69 Å². The van der Waals surface area contributed by atoms with Gasteiger partial charge in [0.05, 0.1) is 0 Å². The number of fused-ring (bicyclic) bond motifs is 1. The Morgan fingerprint density at radius 3 is 2.38 bits per heavy atom. The Hall–Kier alpha value is -3.02. The Morgan fingerprint density at radius 2 is 1.66 bits per heavy atom. The van der Waals surface area contributed by atoms with Gasteiger partial charge in [0.15, 0.2) is 6.61 Å². The second-order valence-electron chi connectivity index (χ2n) is 9.02. The summed E-state index contributed by atoms with van der Waals surface area (Å²) >= 11 is 0. The van der Waals surface area contributed by atoms with Crippen LogP contribution in [0.25, 0.3) is 0 Å². The number of likely N-dealkylation sites (N-methyl/N-ethyl adjacent to an activating group) is 1. The molecule has 0 aliphatic carbocycles. The van der Waals surface area contributed by atoms with Gasteiger partial charge in [-0.25, -0.2) is 0 Å². The summed E-state index contributed by atoms with van der Waals surface area (Å²) in [7, 11) is 2.06. The van der Waals surface area contributed by atoms with E-state index >= 15 is 0 Å². The second-order valence-corrected chi connectivity index (χ2v) is 9.02. The maximum absolute atomic E-state index is 13.1. The van der Waals surface area contributed by atoms with Crippen LogP contribution in [-0.4, -0.2) is 60.4 Å². The summed E-state index contributed by atoms with van der Waals surface area (Å²) in [6.45, 7) is 6.29. The normalized spacial score (nSPS) is 21.0. The molecule has 0 spiro atoms. The molecule has 2 aromatic rings. The van der Waals surface area contributed by atoms with E-state index in [1.54, 1.807) is 24.3 Å². The third kappa shape index (κ3) is 4.74. The van der Waals surface area contributed by atoms with Crippen LogP contribution < -0.4 is 9.64 Å². The fourth-order valence-electron chi connectivity index (χ4n) is 4.87. The lowest BCUT2D eigenvalue weighted by Gasteiger charge is -2.38. The zero-order valence-electron chi connectivity index (χ0n) is 19.3. The number of amides is 2. The predicted octanol–water partition coefficient (Wildman–Crippen LogP) is 3.95. The lowest BCUT2D eigenvalue weighted by Crippen LogP contribution is -2.49. The van der Waals surface area contributed by atoms with Crippen LogP contribution in [0.1, 0.15) is 49.0 Å². The van der Waals surface area contributed by atoms with Gasteiger partial charge >= 0.3 is 0 Å². The highest BCUT2D eigenvalue weighted by molar-refractivity contribution is 5.94. The molecule has 2 aliphatic heterocycles. The maximum Gasteiger partial charge on any atom is 0.260 e. The summed E-state index contributed by atoms with van der Waals surface area (Å²) in [5.41, 5.74) is 2.96. The first-order chi connectivity index (χ1) is 15.4. The summed E-state index contributed by atoms with van der Waals surface area (Å²) in [6.07, 6.45) is 3.26. The van der Waals surface area contributed by atoms with E-state index in [1.165, 1.54) is 12.1 Å². The van der Waals surface area contributed by atoms with Crippen molar-refractivity contribution >= 4 is 17.5 Å². The largest absolute Gasteiger partial charge is 0.484 e. The molecule has 170 valence electrons. The zero-order valence-corrected chi connectivity index (χ0v) is 19.3. The minimum absolute atomic E-state index is 0.00805. The summed E-state index contributed by atoms with van der Waals surface area (Å²) in [6, 6.07) is 15.9. The van der Waals surface area contributed by atoms with E-state index in [1.807, 2.05) is 21.9 Å². The number of nitrogens with zero attached hydrogens (tertiary/aromatic N) is 3. The molecule has 32 heavy (non-hydrogen) atoms. The standard InChI is InChI=1S/C26H33N3O3/c1-19-7-6-8-20(2)29(19)25(30)18-32-23-13-11-21(12-14-23)26(31)28-16-15-27(3)24-10-5-4-9-22(24)17-28/h4-5,9-14,19-20H,6-8,15-18H2,1-3H3. The highest BCUT2D eigenvalue weighted by atomic mass is 16.5. The lowest BCUT2D eigenvalue weighted by atomic mass is 9.97. The fourth-order valence-corrected chi connectivity index (χ4v) is 4.87. The molecular formula is C26H33N3O3. The van der Waals surface area contributed by atoms with E-state index in [-0.39, 0.29) is 30.5 Å². The van der Waals surface area contributed by atoms with Gasteiger partial charge in [-0.05, 0) is 69.0 Å². The van der Waals surface area contributed by atoms with Gasteiger partial charge in [-0.1, -0.05) is 18.2 Å². The van der Waals surface area contributed by atoms with Crippen LogP contribution in [0.15, 0.2) is 48.5 Å². The first-order valence-electron chi connectivity index (χ1n) is 11.6. The molecule has 2 aromatic carbocycles. The zero-order chi connectivity index (χ0) is 22.7. The van der Waals surface area contributed by atoms with Gasteiger partial charge in [0.25, 0.3) is 11.8 Å². The number of hydrogen-bond acceptors (Lipinski definition) is 4. The molecule has 0 radical (unpaired) electrons. The molecule has 0 N–H and O–H groups in total. The Bertz CT molecular complexity index is 949. The highest BCUT2D eigenvalue weighted by Crippen LogP contribution is 2.25. The molecule has 0 aromatic heterocycles. The minimum Gasteiger partial charge on any atom is -0.484 e. The summed E-state index contributed by atoms with van der Waals surface area (Å²) < 4.78 is 5.76. The first-order valence-corrected chi connectivity index (χ1v) is 11.6. The molecule has 6 heteroatoms. The van der Waals surface area contributed by atoms with Crippen LogP contribution in [0, 0.1) is 0 Å². The average Bonchev–Trinajstić information content (AvgIpc) is 2.96. The number of rotatable bonds is 4. The molecule has 1 saturated heterocycles. The van der Waals surface area contributed by atoms with Crippen molar-refractivity contribution in [1.82, 2.24) is 9.80 Å². The van der Waals surface area contributed by atoms with Crippen molar-refractivity contribution in [3.05, 3.63) is 59.7 Å². The fraction of sp³-hybridized carbons (Fsp3) is 0.462. The van der Waals surface area contributed by atoms with E-state index in [0.717, 1.165) is 24.9 Å². The molecule has 1 fully saturated rings. The van der Waals surface area contributed by atoms with Crippen molar-refractivity contribution in [3.63, 3.8) is 0 Å². The van der Waals surface area contributed by atoms with Gasteiger partial charge in [-0.3, -0.25) is 9.59 Å². The minimum atomic E-state index is 0.00805. The van der Waals surface area contributed by atoms with Crippen molar-refractivity contribution in [3.8, 4) is 5.75 Å². The number of likely N-dealkylation sites (tertiary alicyclic amines) is 1. The molecule has 4 rings (SSSR count). The number of hydrogen-bond donors (Lipinski definition) is 0. The van der Waals surface area contributed by atoms with E-state index in [4.69, 9.17) is 4.74 Å². The highest BCUT2D eigenvalue weighted by Gasteiger charge is 2.29. The van der Waals surface area contributed by atoms with Crippen molar-refractivity contribution in [2.75, 3.05) is 31.6 Å². The SMILES string of the molecule is CC1CCCC(C)N1C(=O)COc1ccc(C(=O)N2CCN(C)c3ccccc3C2)cc1. The average molecular weight is 436 g/mol. The molecule has 2 amide bonds. The summed E-state index contributed by atoms with van der Waals surface area (Å²) in [5.74, 6) is 0.638. The van der Waals surface area contributed by atoms with Crippen molar-refractivity contribution < 1.29 is 14.3 Å². The van der Waals surface area contributed by atoms with E-state index in [9.17, 15) is 9.59 Å². The number of carbonyl (C=O) groups is 2. The Morgan fingerprint density at radius 1 is 0.969 bits per heavy atom. The Kier molecular flexibility index (Phi) is 6.68. The summed E-state index contributed by atoms with van der Waals surface area (Å²) in [5, 5.41) is 0. The molecule has 2 aliphatic rings. The van der Waals surface area contributed by atoms with Gasteiger partial charge in [-0.2, -0.15) is 0 Å². The summed E-state index contributed by atoms with van der Waals surface area (Å²) in [4.78, 5) is 31.8. The molecule has 0 bridgehead atoms. The third-order valence-electron chi connectivity index (χ3n) is 6.70. The van der Waals surface area contributed by atoms with Gasteiger partial charge < -0.3 is 19.4 Å². The molecule has 2 atom stereocenters. The second kappa shape index (κ2) is 9.63. The predicted molar refractivity (Wildman–Crippen MR) is 126 cm³/mol. The van der Waals surface area contributed by atoms with Gasteiger partial charge in [0.1, 0.15) is 5.75 Å². The number of anilines is 1. The topological polar surface area (TPSA) is 53.1 Å². The molecule has 2 unspecified atom stereocenters. The van der Waals surface area contributed by atoms with E-state index in [0.29, 0.717) is 24.4 Å². The maximum atomic E-state index is 13.1. The number of ether oxygens (including phenoxy) is 1. The van der Waals surface area contributed by atoms with Crippen LogP contribution in [0.2, 0.25) is 0 Å². The van der Waals surface area contributed by atoms with Crippen molar-refractivity contribution in [1.29, 1.82) is 0 Å². The Labute approximate surface area is 190 Å². The molecule has 2 heterocycles.